The summed E-state index contributed by atoms with van der Waals surface area (Å²) in [6, 6.07) is 32.2. The maximum absolute atomic E-state index is 2.30. The van der Waals surface area contributed by atoms with Crippen LogP contribution in [0.5, 0.6) is 0 Å². The molecule has 0 aliphatic carbocycles. The third-order valence-corrected chi connectivity index (χ3v) is 6.58. The summed E-state index contributed by atoms with van der Waals surface area (Å²) in [4.78, 5) is 0. The van der Waals surface area contributed by atoms with Gasteiger partial charge in [-0.15, -0.1) is 0 Å². The fourth-order valence-corrected chi connectivity index (χ4v) is 4.87. The Morgan fingerprint density at radius 2 is 0.528 bits per heavy atom. The van der Waals surface area contributed by atoms with E-state index in [4.69, 9.17) is 0 Å². The SMILES string of the molecule is CC(C)CC(C)c1ccccc1.CC(C)CC(C)c1ccccc1.CC(C)CC(C)c1ccccc1. The summed E-state index contributed by atoms with van der Waals surface area (Å²) < 4.78 is 0. The van der Waals surface area contributed by atoms with Crippen molar-refractivity contribution in [3.05, 3.63) is 108 Å². The molecule has 0 fully saturated rings. The predicted molar refractivity (Wildman–Crippen MR) is 163 cm³/mol. The Hall–Kier alpha value is -2.34. The predicted octanol–water partition coefficient (Wildman–Crippen LogP) is 11.5. The first-order valence-corrected chi connectivity index (χ1v) is 14.2. The molecule has 0 saturated heterocycles. The molecule has 0 spiro atoms. The Morgan fingerprint density at radius 1 is 0.333 bits per heavy atom. The van der Waals surface area contributed by atoms with E-state index >= 15 is 0 Å². The van der Waals surface area contributed by atoms with Gasteiger partial charge in [0.05, 0.1) is 0 Å². The fourth-order valence-electron chi connectivity index (χ4n) is 4.87. The maximum atomic E-state index is 2.30. The van der Waals surface area contributed by atoms with E-state index in [1.165, 1.54) is 36.0 Å². The summed E-state index contributed by atoms with van der Waals surface area (Å²) in [5, 5.41) is 0. The first-order chi connectivity index (χ1) is 17.1. The van der Waals surface area contributed by atoms with E-state index in [1.807, 2.05) is 0 Å². The summed E-state index contributed by atoms with van der Waals surface area (Å²) >= 11 is 0. The number of hydrogen-bond acceptors (Lipinski definition) is 0. The molecule has 0 heteroatoms. The third-order valence-electron chi connectivity index (χ3n) is 6.58. The van der Waals surface area contributed by atoms with Crippen LogP contribution in [0, 0.1) is 17.8 Å². The van der Waals surface area contributed by atoms with Crippen LogP contribution in [-0.4, -0.2) is 0 Å². The molecular weight excluding hydrogens is 432 g/mol. The smallest absolute Gasteiger partial charge is 0.0188 e. The van der Waals surface area contributed by atoms with Crippen LogP contribution >= 0.6 is 0 Å². The molecule has 0 aromatic heterocycles. The van der Waals surface area contributed by atoms with Gasteiger partial charge in [0.15, 0.2) is 0 Å². The van der Waals surface area contributed by atoms with Crippen LogP contribution in [0.1, 0.15) is 116 Å². The van der Waals surface area contributed by atoms with E-state index in [9.17, 15) is 0 Å². The highest BCUT2D eigenvalue weighted by Crippen LogP contribution is 2.24. The zero-order valence-electron chi connectivity index (χ0n) is 24.7. The zero-order chi connectivity index (χ0) is 26.9. The average molecular weight is 487 g/mol. The lowest BCUT2D eigenvalue weighted by Crippen LogP contribution is -1.97. The van der Waals surface area contributed by atoms with Gasteiger partial charge in [-0.2, -0.15) is 0 Å². The number of hydrogen-bond donors (Lipinski definition) is 0. The molecule has 0 nitrogen and oxygen atoms in total. The highest BCUT2D eigenvalue weighted by Gasteiger charge is 2.07. The summed E-state index contributed by atoms with van der Waals surface area (Å²) in [6.45, 7) is 20.6. The molecule has 198 valence electrons. The quantitative estimate of drug-likeness (QED) is 0.282. The molecule has 0 N–H and O–H groups in total. The maximum Gasteiger partial charge on any atom is -0.0188 e. The lowest BCUT2D eigenvalue weighted by atomic mass is 9.92. The van der Waals surface area contributed by atoms with E-state index in [2.05, 4.69) is 153 Å². The normalized spacial score (nSPS) is 13.3. The van der Waals surface area contributed by atoms with Gasteiger partial charge in [0, 0.05) is 0 Å². The Kier molecular flexibility index (Phi) is 15.8. The van der Waals surface area contributed by atoms with Crippen LogP contribution in [0.3, 0.4) is 0 Å². The van der Waals surface area contributed by atoms with Crippen molar-refractivity contribution < 1.29 is 0 Å². The molecule has 0 saturated carbocycles. The van der Waals surface area contributed by atoms with Crippen molar-refractivity contribution in [1.82, 2.24) is 0 Å². The topological polar surface area (TPSA) is 0 Å². The van der Waals surface area contributed by atoms with Crippen molar-refractivity contribution in [3.8, 4) is 0 Å². The van der Waals surface area contributed by atoms with E-state index < -0.39 is 0 Å². The van der Waals surface area contributed by atoms with Gasteiger partial charge in [-0.05, 0) is 71.5 Å². The fraction of sp³-hybridized carbons (Fsp3) is 0.500. The Morgan fingerprint density at radius 3 is 0.694 bits per heavy atom. The second-order valence-corrected chi connectivity index (χ2v) is 11.8. The second kappa shape index (κ2) is 18.0. The second-order valence-electron chi connectivity index (χ2n) is 11.8. The van der Waals surface area contributed by atoms with Crippen molar-refractivity contribution >= 4 is 0 Å². The highest BCUT2D eigenvalue weighted by molar-refractivity contribution is 5.20. The lowest BCUT2D eigenvalue weighted by molar-refractivity contribution is 0.523. The first kappa shape index (κ1) is 31.7. The third kappa shape index (κ3) is 14.3. The van der Waals surface area contributed by atoms with E-state index in [1.54, 1.807) is 0 Å². The number of benzene rings is 3. The van der Waals surface area contributed by atoms with Crippen molar-refractivity contribution in [1.29, 1.82) is 0 Å². The number of rotatable bonds is 9. The van der Waals surface area contributed by atoms with E-state index in [0.717, 1.165) is 17.8 Å². The lowest BCUT2D eigenvalue weighted by Gasteiger charge is -2.13. The van der Waals surface area contributed by atoms with Gasteiger partial charge in [0.1, 0.15) is 0 Å². The van der Waals surface area contributed by atoms with Crippen LogP contribution in [0.15, 0.2) is 91.0 Å². The molecule has 3 unspecified atom stereocenters. The Labute approximate surface area is 224 Å². The molecule has 0 heterocycles. The van der Waals surface area contributed by atoms with Crippen LogP contribution in [-0.2, 0) is 0 Å². The first-order valence-electron chi connectivity index (χ1n) is 14.2. The molecule has 0 bridgehead atoms. The minimum atomic E-state index is 0.700. The van der Waals surface area contributed by atoms with Gasteiger partial charge in [0.2, 0.25) is 0 Å². The summed E-state index contributed by atoms with van der Waals surface area (Å²) in [5.74, 6) is 4.48. The molecule has 3 aromatic rings. The summed E-state index contributed by atoms with van der Waals surface area (Å²) in [6.07, 6.45) is 3.85. The van der Waals surface area contributed by atoms with Gasteiger partial charge in [-0.3, -0.25) is 0 Å². The molecule has 3 aromatic carbocycles. The van der Waals surface area contributed by atoms with Gasteiger partial charge < -0.3 is 0 Å². The molecule has 0 amide bonds. The van der Waals surface area contributed by atoms with Crippen molar-refractivity contribution in [2.24, 2.45) is 17.8 Å². The minimum absolute atomic E-state index is 0.700. The van der Waals surface area contributed by atoms with Crippen LogP contribution in [0.25, 0.3) is 0 Å². The van der Waals surface area contributed by atoms with Gasteiger partial charge in [-0.1, -0.05) is 153 Å². The van der Waals surface area contributed by atoms with Crippen LogP contribution in [0.2, 0.25) is 0 Å². The molecule has 3 rings (SSSR count). The van der Waals surface area contributed by atoms with Crippen LogP contribution in [0.4, 0.5) is 0 Å². The van der Waals surface area contributed by atoms with Crippen molar-refractivity contribution in [2.45, 2.75) is 99.3 Å². The highest BCUT2D eigenvalue weighted by atomic mass is 14.1. The van der Waals surface area contributed by atoms with E-state index in [-0.39, 0.29) is 0 Å². The van der Waals surface area contributed by atoms with Crippen molar-refractivity contribution in [2.75, 3.05) is 0 Å². The van der Waals surface area contributed by atoms with Gasteiger partial charge in [-0.25, -0.2) is 0 Å². The van der Waals surface area contributed by atoms with Crippen LogP contribution < -0.4 is 0 Å². The van der Waals surface area contributed by atoms with Crippen molar-refractivity contribution in [3.63, 3.8) is 0 Å². The summed E-state index contributed by atoms with van der Waals surface area (Å²) in [5.41, 5.74) is 4.39. The zero-order valence-corrected chi connectivity index (χ0v) is 24.7. The standard InChI is InChI=1S/3C12H18/c3*1-10(2)9-11(3)12-7-5-4-6-8-12/h3*4-8,10-11H,9H2,1-3H3. The average Bonchev–Trinajstić information content (AvgIpc) is 2.85. The largest absolute Gasteiger partial charge is 0.0628 e. The molecule has 0 radical (unpaired) electrons. The Bertz CT molecular complexity index is 755. The Balaban J connectivity index is 0.000000270. The molecule has 36 heavy (non-hydrogen) atoms. The minimum Gasteiger partial charge on any atom is -0.0628 e. The monoisotopic (exact) mass is 486 g/mol. The van der Waals surface area contributed by atoms with E-state index in [0.29, 0.717) is 17.8 Å². The molecule has 3 atom stereocenters. The van der Waals surface area contributed by atoms with Gasteiger partial charge >= 0.3 is 0 Å². The molecular formula is C36H54. The molecule has 0 aliphatic heterocycles. The van der Waals surface area contributed by atoms with Gasteiger partial charge in [0.25, 0.3) is 0 Å². The molecule has 0 aliphatic rings. The summed E-state index contributed by atoms with van der Waals surface area (Å²) in [7, 11) is 0.